The quantitative estimate of drug-likeness (QED) is 0.417. The summed E-state index contributed by atoms with van der Waals surface area (Å²) in [4.78, 5) is 17.0. The van der Waals surface area contributed by atoms with Gasteiger partial charge in [0.05, 0.1) is 22.7 Å². The fourth-order valence-electron chi connectivity index (χ4n) is 2.93. The number of furan rings is 1. The number of anilines is 1. The Labute approximate surface area is 160 Å². The predicted octanol–water partition coefficient (Wildman–Crippen LogP) is 4.26. The van der Waals surface area contributed by atoms with Crippen molar-refractivity contribution < 1.29 is 8.81 Å². The van der Waals surface area contributed by atoms with Gasteiger partial charge in [-0.1, -0.05) is 24.3 Å². The minimum Gasteiger partial charge on any atom is -0.455 e. The van der Waals surface area contributed by atoms with Gasteiger partial charge in [-0.05, 0) is 43.3 Å². The van der Waals surface area contributed by atoms with E-state index >= 15 is 0 Å². The van der Waals surface area contributed by atoms with Gasteiger partial charge in [0, 0.05) is 6.54 Å². The third-order valence-electron chi connectivity index (χ3n) is 4.30. The van der Waals surface area contributed by atoms with Crippen LogP contribution in [0, 0.1) is 5.82 Å². The van der Waals surface area contributed by atoms with E-state index in [1.807, 2.05) is 13.0 Å². The number of nitrogens with one attached hydrogen (secondary N) is 1. The van der Waals surface area contributed by atoms with E-state index in [9.17, 15) is 9.18 Å². The molecule has 0 amide bonds. The normalized spacial score (nSPS) is 11.4. The molecule has 6 nitrogen and oxygen atoms in total. The number of fused-ring (bicyclic) bond motifs is 1. The van der Waals surface area contributed by atoms with Crippen LogP contribution in [0.1, 0.15) is 12.7 Å². The van der Waals surface area contributed by atoms with Crippen molar-refractivity contribution in [2.75, 3.05) is 5.43 Å². The largest absolute Gasteiger partial charge is 0.455 e. The molecule has 0 bridgehead atoms. The van der Waals surface area contributed by atoms with Gasteiger partial charge < -0.3 is 4.42 Å². The highest BCUT2D eigenvalue weighted by molar-refractivity contribution is 5.80. The SMILES string of the molecule is CCn1c(N/N=C\c2ccc(-c3ccccc3F)o2)nc2ccccc2c1=O. The number of hydrogen-bond acceptors (Lipinski definition) is 5. The lowest BCUT2D eigenvalue weighted by molar-refractivity contribution is 0.563. The number of nitrogens with zero attached hydrogens (tertiary/aromatic N) is 3. The van der Waals surface area contributed by atoms with Gasteiger partial charge in [0.2, 0.25) is 5.95 Å². The zero-order chi connectivity index (χ0) is 19.5. The van der Waals surface area contributed by atoms with Crippen molar-refractivity contribution in [2.45, 2.75) is 13.5 Å². The number of aromatic nitrogens is 2. The predicted molar refractivity (Wildman–Crippen MR) is 107 cm³/mol. The third kappa shape index (κ3) is 3.29. The van der Waals surface area contributed by atoms with Crippen molar-refractivity contribution in [3.05, 3.63) is 82.6 Å². The first-order valence-electron chi connectivity index (χ1n) is 8.80. The minimum absolute atomic E-state index is 0.134. The average Bonchev–Trinajstić information content (AvgIpc) is 3.17. The van der Waals surface area contributed by atoms with Crippen LogP contribution in [0.4, 0.5) is 10.3 Å². The lowest BCUT2D eigenvalue weighted by Crippen LogP contribution is -2.23. The van der Waals surface area contributed by atoms with Gasteiger partial charge in [-0.15, -0.1) is 0 Å². The minimum atomic E-state index is -0.356. The fourth-order valence-corrected chi connectivity index (χ4v) is 2.93. The van der Waals surface area contributed by atoms with Crippen LogP contribution < -0.4 is 11.0 Å². The molecule has 0 fully saturated rings. The Kier molecular flexibility index (Phi) is 4.72. The van der Waals surface area contributed by atoms with Crippen LogP contribution >= 0.6 is 0 Å². The first-order chi connectivity index (χ1) is 13.7. The summed E-state index contributed by atoms with van der Waals surface area (Å²) in [6.07, 6.45) is 1.45. The van der Waals surface area contributed by atoms with Crippen LogP contribution in [0.5, 0.6) is 0 Å². The van der Waals surface area contributed by atoms with Gasteiger partial charge in [-0.2, -0.15) is 5.10 Å². The van der Waals surface area contributed by atoms with E-state index in [1.54, 1.807) is 48.5 Å². The molecule has 0 unspecified atom stereocenters. The summed E-state index contributed by atoms with van der Waals surface area (Å²) < 4.78 is 21.0. The zero-order valence-corrected chi connectivity index (χ0v) is 15.1. The molecule has 0 radical (unpaired) electrons. The van der Waals surface area contributed by atoms with Crippen molar-refractivity contribution in [2.24, 2.45) is 5.10 Å². The number of halogens is 1. The van der Waals surface area contributed by atoms with Crippen LogP contribution in [0.2, 0.25) is 0 Å². The summed E-state index contributed by atoms with van der Waals surface area (Å²) in [6.45, 7) is 2.31. The van der Waals surface area contributed by atoms with Gasteiger partial charge in [0.25, 0.3) is 5.56 Å². The Morgan fingerprint density at radius 1 is 1.14 bits per heavy atom. The van der Waals surface area contributed by atoms with Crippen LogP contribution in [-0.2, 0) is 6.54 Å². The molecule has 140 valence electrons. The molecule has 4 aromatic rings. The standard InChI is InChI=1S/C21H17FN4O2/c1-2-26-20(27)16-8-4-6-10-18(16)24-21(26)25-23-13-14-11-12-19(28-14)15-7-3-5-9-17(15)22/h3-13H,2H2,1H3,(H,24,25)/b23-13-. The van der Waals surface area contributed by atoms with E-state index in [0.29, 0.717) is 40.5 Å². The van der Waals surface area contributed by atoms with Crippen molar-refractivity contribution in [3.63, 3.8) is 0 Å². The summed E-state index contributed by atoms with van der Waals surface area (Å²) in [5.41, 5.74) is 3.63. The molecule has 0 aliphatic carbocycles. The number of benzene rings is 2. The maximum Gasteiger partial charge on any atom is 0.262 e. The topological polar surface area (TPSA) is 72.4 Å². The molecular formula is C21H17FN4O2. The third-order valence-corrected chi connectivity index (χ3v) is 4.30. The van der Waals surface area contributed by atoms with Gasteiger partial charge in [-0.3, -0.25) is 9.36 Å². The average molecular weight is 376 g/mol. The molecule has 0 spiro atoms. The van der Waals surface area contributed by atoms with Crippen LogP contribution in [0.3, 0.4) is 0 Å². The molecule has 2 heterocycles. The highest BCUT2D eigenvalue weighted by Gasteiger charge is 2.10. The number of para-hydroxylation sites is 1. The summed E-state index contributed by atoms with van der Waals surface area (Å²) in [5.74, 6) is 0.833. The van der Waals surface area contributed by atoms with Gasteiger partial charge in [0.1, 0.15) is 17.3 Å². The van der Waals surface area contributed by atoms with E-state index in [4.69, 9.17) is 4.42 Å². The van der Waals surface area contributed by atoms with Crippen molar-refractivity contribution >= 4 is 23.1 Å². The van der Waals surface area contributed by atoms with E-state index in [0.717, 1.165) is 0 Å². The molecule has 0 atom stereocenters. The van der Waals surface area contributed by atoms with E-state index in [1.165, 1.54) is 16.8 Å². The smallest absolute Gasteiger partial charge is 0.262 e. The summed E-state index contributed by atoms with van der Waals surface area (Å²) in [6, 6.07) is 16.9. The molecule has 0 aliphatic rings. The highest BCUT2D eigenvalue weighted by atomic mass is 19.1. The Bertz CT molecular complexity index is 1230. The summed E-state index contributed by atoms with van der Waals surface area (Å²) in [7, 11) is 0. The van der Waals surface area contributed by atoms with Gasteiger partial charge in [0.15, 0.2) is 0 Å². The van der Waals surface area contributed by atoms with Crippen molar-refractivity contribution in [1.82, 2.24) is 9.55 Å². The molecule has 28 heavy (non-hydrogen) atoms. The molecule has 2 aromatic carbocycles. The lowest BCUT2D eigenvalue weighted by atomic mass is 10.1. The maximum atomic E-state index is 13.9. The molecule has 0 saturated heterocycles. The fraction of sp³-hybridized carbons (Fsp3) is 0.0952. The zero-order valence-electron chi connectivity index (χ0n) is 15.1. The van der Waals surface area contributed by atoms with Gasteiger partial charge >= 0.3 is 0 Å². The highest BCUT2D eigenvalue weighted by Crippen LogP contribution is 2.24. The molecule has 7 heteroatoms. The lowest BCUT2D eigenvalue weighted by Gasteiger charge is -2.10. The maximum absolute atomic E-state index is 13.9. The number of hydrogen-bond donors (Lipinski definition) is 1. The van der Waals surface area contributed by atoms with Crippen molar-refractivity contribution in [1.29, 1.82) is 0 Å². The Morgan fingerprint density at radius 2 is 1.93 bits per heavy atom. The van der Waals surface area contributed by atoms with Crippen LogP contribution in [-0.4, -0.2) is 15.8 Å². The first kappa shape index (κ1) is 17.7. The Morgan fingerprint density at radius 3 is 2.75 bits per heavy atom. The first-order valence-corrected chi connectivity index (χ1v) is 8.80. The van der Waals surface area contributed by atoms with E-state index in [-0.39, 0.29) is 11.4 Å². The number of hydrazone groups is 1. The van der Waals surface area contributed by atoms with E-state index < -0.39 is 0 Å². The molecule has 0 saturated carbocycles. The van der Waals surface area contributed by atoms with Crippen molar-refractivity contribution in [3.8, 4) is 11.3 Å². The number of rotatable bonds is 5. The second kappa shape index (κ2) is 7.48. The summed E-state index contributed by atoms with van der Waals surface area (Å²) in [5, 5.41) is 4.67. The van der Waals surface area contributed by atoms with Crippen LogP contribution in [0.15, 0.2) is 75.0 Å². The molecular weight excluding hydrogens is 359 g/mol. The monoisotopic (exact) mass is 376 g/mol. The van der Waals surface area contributed by atoms with E-state index in [2.05, 4.69) is 15.5 Å². The second-order valence-electron chi connectivity index (χ2n) is 6.05. The second-order valence-corrected chi connectivity index (χ2v) is 6.05. The Balaban J connectivity index is 1.59. The molecule has 0 aliphatic heterocycles. The molecule has 4 rings (SSSR count). The Hall–Kier alpha value is -3.74. The van der Waals surface area contributed by atoms with Crippen LogP contribution in [0.25, 0.3) is 22.2 Å². The molecule has 1 N–H and O–H groups in total. The molecule has 2 aromatic heterocycles. The van der Waals surface area contributed by atoms with Gasteiger partial charge in [-0.25, -0.2) is 14.8 Å². The summed E-state index contributed by atoms with van der Waals surface area (Å²) >= 11 is 0.